The van der Waals surface area contributed by atoms with E-state index in [1.165, 1.54) is 16.3 Å². The quantitative estimate of drug-likeness (QED) is 0.176. The van der Waals surface area contributed by atoms with Crippen molar-refractivity contribution < 1.29 is 4.42 Å². The van der Waals surface area contributed by atoms with Crippen LogP contribution in [0, 0.1) is 0 Å². The number of furan rings is 1. The van der Waals surface area contributed by atoms with Gasteiger partial charge < -0.3 is 4.42 Å². The molecule has 10 aromatic rings. The van der Waals surface area contributed by atoms with Gasteiger partial charge in [0.2, 0.25) is 0 Å². The lowest BCUT2D eigenvalue weighted by molar-refractivity contribution is 0.669. The van der Waals surface area contributed by atoms with Crippen molar-refractivity contribution in [3.05, 3.63) is 188 Å². The molecule has 0 radical (unpaired) electrons. The largest absolute Gasteiger partial charge is 0.456 e. The van der Waals surface area contributed by atoms with Crippen molar-refractivity contribution in [2.24, 2.45) is 0 Å². The molecule has 53 heavy (non-hydrogen) atoms. The first-order valence-corrected chi connectivity index (χ1v) is 17.8. The molecule has 248 valence electrons. The van der Waals surface area contributed by atoms with Crippen LogP contribution in [-0.4, -0.2) is 15.0 Å². The van der Waals surface area contributed by atoms with E-state index in [2.05, 4.69) is 170 Å². The lowest BCUT2D eigenvalue weighted by Crippen LogP contribution is -2.00. The maximum Gasteiger partial charge on any atom is 0.164 e. The minimum atomic E-state index is 0.580. The van der Waals surface area contributed by atoms with Gasteiger partial charge in [-0.1, -0.05) is 158 Å². The van der Waals surface area contributed by atoms with Gasteiger partial charge in [0.1, 0.15) is 11.2 Å². The van der Waals surface area contributed by atoms with E-state index in [0.29, 0.717) is 17.5 Å². The lowest BCUT2D eigenvalue weighted by atomic mass is 9.97. The van der Waals surface area contributed by atoms with Crippen LogP contribution in [-0.2, 0) is 0 Å². The van der Waals surface area contributed by atoms with E-state index in [-0.39, 0.29) is 0 Å². The van der Waals surface area contributed by atoms with Crippen LogP contribution < -0.4 is 0 Å². The molecule has 0 saturated carbocycles. The third-order valence-electron chi connectivity index (χ3n) is 9.92. The number of aromatic nitrogens is 3. The summed E-state index contributed by atoms with van der Waals surface area (Å²) in [4.78, 5) is 15.4. The highest BCUT2D eigenvalue weighted by atomic mass is 16.3. The van der Waals surface area contributed by atoms with Crippen molar-refractivity contribution in [3.8, 4) is 67.5 Å². The van der Waals surface area contributed by atoms with Crippen LogP contribution in [0.1, 0.15) is 0 Å². The highest BCUT2D eigenvalue weighted by Gasteiger charge is 2.17. The number of benzene rings is 8. The highest BCUT2D eigenvalue weighted by Crippen LogP contribution is 2.39. The number of rotatable bonds is 6. The number of fused-ring (bicyclic) bond motifs is 4. The summed E-state index contributed by atoms with van der Waals surface area (Å²) in [6.45, 7) is 0. The predicted octanol–water partition coefficient (Wildman–Crippen LogP) is 12.9. The molecule has 8 aromatic carbocycles. The summed E-state index contributed by atoms with van der Waals surface area (Å²) >= 11 is 0. The summed E-state index contributed by atoms with van der Waals surface area (Å²) in [6.07, 6.45) is 0. The Morgan fingerprint density at radius 2 is 0.830 bits per heavy atom. The Hall–Kier alpha value is -7.17. The Balaban J connectivity index is 1.14. The van der Waals surface area contributed by atoms with Gasteiger partial charge in [-0.05, 0) is 74.5 Å². The second-order valence-corrected chi connectivity index (χ2v) is 13.2. The molecule has 0 bridgehead atoms. The number of nitrogens with zero attached hydrogens (tertiary/aromatic N) is 3. The lowest BCUT2D eigenvalue weighted by Gasteiger charge is -2.11. The monoisotopic (exact) mass is 677 g/mol. The average molecular weight is 678 g/mol. The Morgan fingerprint density at radius 3 is 1.58 bits per heavy atom. The third kappa shape index (κ3) is 5.63. The van der Waals surface area contributed by atoms with E-state index in [1.54, 1.807) is 0 Å². The molecule has 0 aliphatic rings. The normalized spacial score (nSPS) is 11.4. The van der Waals surface area contributed by atoms with Crippen LogP contribution in [0.5, 0.6) is 0 Å². The van der Waals surface area contributed by atoms with Crippen molar-refractivity contribution in [1.82, 2.24) is 15.0 Å². The van der Waals surface area contributed by atoms with Gasteiger partial charge in [0, 0.05) is 27.5 Å². The summed E-state index contributed by atoms with van der Waals surface area (Å²) in [5.74, 6) is 1.79. The molecule has 2 aromatic heterocycles. The van der Waals surface area contributed by atoms with Crippen LogP contribution in [0.2, 0.25) is 0 Å². The summed E-state index contributed by atoms with van der Waals surface area (Å²) < 4.78 is 6.50. The maximum atomic E-state index is 6.50. The molecule has 2 heterocycles. The summed E-state index contributed by atoms with van der Waals surface area (Å²) in [5, 5.41) is 4.56. The minimum Gasteiger partial charge on any atom is -0.456 e. The molecule has 10 rings (SSSR count). The number of hydrogen-bond acceptors (Lipinski definition) is 4. The second-order valence-electron chi connectivity index (χ2n) is 13.2. The molecule has 4 nitrogen and oxygen atoms in total. The zero-order valence-corrected chi connectivity index (χ0v) is 28.6. The van der Waals surface area contributed by atoms with Crippen LogP contribution >= 0.6 is 0 Å². The van der Waals surface area contributed by atoms with Gasteiger partial charge >= 0.3 is 0 Å². The fraction of sp³-hybridized carbons (Fsp3) is 0. The van der Waals surface area contributed by atoms with Gasteiger partial charge in [-0.3, -0.25) is 0 Å². The molecular formula is C49H31N3O. The smallest absolute Gasteiger partial charge is 0.164 e. The van der Waals surface area contributed by atoms with Crippen LogP contribution in [0.4, 0.5) is 0 Å². The van der Waals surface area contributed by atoms with E-state index in [1.807, 2.05) is 18.2 Å². The first kappa shape index (κ1) is 30.6. The molecule has 0 spiro atoms. The Morgan fingerprint density at radius 1 is 0.302 bits per heavy atom. The molecule has 0 amide bonds. The van der Waals surface area contributed by atoms with Crippen LogP contribution in [0.25, 0.3) is 100 Å². The van der Waals surface area contributed by atoms with Crippen molar-refractivity contribution in [2.45, 2.75) is 0 Å². The molecule has 0 aliphatic carbocycles. The molecule has 0 aliphatic heterocycles. The van der Waals surface area contributed by atoms with Crippen LogP contribution in [0.3, 0.4) is 0 Å². The standard InChI is InChI=1S/C49H31N3O/c1-3-13-32(14-4-1)35-19-9-21-37(29-35)47-50-48(38-22-10-20-36(30-38)41-24-11-18-33-17-7-8-23-40(33)41)52-49(51-47)39-27-28-43-45(31-39)53-44-26-12-25-42(46(43)44)34-15-5-2-6-16-34/h1-31H. The first-order valence-electron chi connectivity index (χ1n) is 17.8. The van der Waals surface area contributed by atoms with Crippen LogP contribution in [0.15, 0.2) is 192 Å². The summed E-state index contributed by atoms with van der Waals surface area (Å²) in [5.41, 5.74) is 11.1. The molecular weight excluding hydrogens is 647 g/mol. The molecule has 0 atom stereocenters. The fourth-order valence-corrected chi connectivity index (χ4v) is 7.36. The second kappa shape index (κ2) is 12.9. The Labute approximate surface area is 306 Å². The molecule has 0 fully saturated rings. The third-order valence-corrected chi connectivity index (χ3v) is 9.92. The van der Waals surface area contributed by atoms with Gasteiger partial charge in [-0.15, -0.1) is 0 Å². The molecule has 4 heteroatoms. The minimum absolute atomic E-state index is 0.580. The Bertz CT molecular complexity index is 2940. The summed E-state index contributed by atoms with van der Waals surface area (Å²) in [6, 6.07) is 65.2. The van der Waals surface area contributed by atoms with Gasteiger partial charge in [0.15, 0.2) is 17.5 Å². The zero-order chi connectivity index (χ0) is 35.1. The molecule has 0 saturated heterocycles. The van der Waals surface area contributed by atoms with E-state index < -0.39 is 0 Å². The van der Waals surface area contributed by atoms with E-state index in [0.717, 1.165) is 66.4 Å². The maximum absolute atomic E-state index is 6.50. The van der Waals surface area contributed by atoms with Gasteiger partial charge in [0.25, 0.3) is 0 Å². The first-order chi connectivity index (χ1) is 26.2. The van der Waals surface area contributed by atoms with Crippen molar-refractivity contribution in [1.29, 1.82) is 0 Å². The van der Waals surface area contributed by atoms with Crippen molar-refractivity contribution in [2.75, 3.05) is 0 Å². The highest BCUT2D eigenvalue weighted by molar-refractivity contribution is 6.13. The van der Waals surface area contributed by atoms with E-state index in [9.17, 15) is 0 Å². The van der Waals surface area contributed by atoms with Gasteiger partial charge in [-0.2, -0.15) is 0 Å². The van der Waals surface area contributed by atoms with Crippen molar-refractivity contribution >= 4 is 32.7 Å². The molecule has 0 N–H and O–H groups in total. The van der Waals surface area contributed by atoms with E-state index >= 15 is 0 Å². The average Bonchev–Trinajstić information content (AvgIpc) is 3.62. The predicted molar refractivity (Wildman–Crippen MR) is 217 cm³/mol. The Kier molecular flexibility index (Phi) is 7.43. The van der Waals surface area contributed by atoms with Gasteiger partial charge in [-0.25, -0.2) is 15.0 Å². The van der Waals surface area contributed by atoms with Crippen molar-refractivity contribution in [3.63, 3.8) is 0 Å². The number of hydrogen-bond donors (Lipinski definition) is 0. The fourth-order valence-electron chi connectivity index (χ4n) is 7.36. The summed E-state index contributed by atoms with van der Waals surface area (Å²) in [7, 11) is 0. The van der Waals surface area contributed by atoms with E-state index in [4.69, 9.17) is 19.4 Å². The molecule has 0 unspecified atom stereocenters. The van der Waals surface area contributed by atoms with Gasteiger partial charge in [0.05, 0.1) is 0 Å². The SMILES string of the molecule is c1ccc(-c2cccc(-c3nc(-c4cccc(-c5cccc6ccccc56)c4)nc(-c4ccc5c(c4)oc4cccc(-c6ccccc6)c45)n3)c2)cc1. The topological polar surface area (TPSA) is 51.8 Å². The zero-order valence-electron chi connectivity index (χ0n) is 28.6.